The van der Waals surface area contributed by atoms with Gasteiger partial charge in [-0.25, -0.2) is 8.42 Å². The molecule has 0 spiro atoms. The summed E-state index contributed by atoms with van der Waals surface area (Å²) in [5.41, 5.74) is 0.782. The molecule has 0 aliphatic carbocycles. The lowest BCUT2D eigenvalue weighted by Crippen LogP contribution is -2.44. The third kappa shape index (κ3) is 3.31. The first-order valence-corrected chi connectivity index (χ1v) is 8.68. The molecule has 0 amide bonds. The van der Waals surface area contributed by atoms with Crippen molar-refractivity contribution in [3.05, 3.63) is 28.2 Å². The van der Waals surface area contributed by atoms with Crippen LogP contribution in [-0.2, 0) is 20.6 Å². The molecule has 1 aromatic rings. The van der Waals surface area contributed by atoms with Gasteiger partial charge in [0.05, 0.1) is 17.6 Å². The van der Waals surface area contributed by atoms with E-state index in [-0.39, 0.29) is 16.9 Å². The largest absolute Gasteiger partial charge is 0.376 e. The SMILES string of the molecule is CC1CN(S(=O)(=O)c2cc(CCl)ccc2Br)CCO1. The zero-order valence-corrected chi connectivity index (χ0v) is 13.6. The molecule has 1 fully saturated rings. The fourth-order valence-corrected chi connectivity index (χ4v) is 4.61. The van der Waals surface area contributed by atoms with E-state index in [9.17, 15) is 8.42 Å². The quantitative estimate of drug-likeness (QED) is 0.771. The number of rotatable bonds is 3. The Labute approximate surface area is 126 Å². The van der Waals surface area contributed by atoms with E-state index >= 15 is 0 Å². The van der Waals surface area contributed by atoms with Crippen LogP contribution in [0.2, 0.25) is 0 Å². The van der Waals surface area contributed by atoms with E-state index < -0.39 is 10.0 Å². The summed E-state index contributed by atoms with van der Waals surface area (Å²) in [6.07, 6.45) is -0.0847. The lowest BCUT2D eigenvalue weighted by atomic mass is 10.2. The minimum atomic E-state index is -3.51. The van der Waals surface area contributed by atoms with Gasteiger partial charge in [-0.1, -0.05) is 6.07 Å². The first-order valence-electron chi connectivity index (χ1n) is 5.91. The second-order valence-corrected chi connectivity index (χ2v) is 7.47. The number of hydrogen-bond donors (Lipinski definition) is 0. The van der Waals surface area contributed by atoms with Gasteiger partial charge in [0.25, 0.3) is 0 Å². The molecule has 1 unspecified atom stereocenters. The van der Waals surface area contributed by atoms with E-state index in [2.05, 4.69) is 15.9 Å². The second-order valence-electron chi connectivity index (χ2n) is 4.44. The molecule has 0 N–H and O–H groups in total. The third-order valence-electron chi connectivity index (χ3n) is 2.97. The van der Waals surface area contributed by atoms with Gasteiger partial charge in [0.15, 0.2) is 0 Å². The molecule has 2 rings (SSSR count). The van der Waals surface area contributed by atoms with Crippen LogP contribution >= 0.6 is 27.5 Å². The van der Waals surface area contributed by atoms with Gasteiger partial charge in [-0.15, -0.1) is 11.6 Å². The molecular weight excluding hydrogens is 354 g/mol. The van der Waals surface area contributed by atoms with Crippen LogP contribution in [0.4, 0.5) is 0 Å². The first-order chi connectivity index (χ1) is 8.95. The smallest absolute Gasteiger partial charge is 0.244 e. The van der Waals surface area contributed by atoms with Gasteiger partial charge in [-0.05, 0) is 40.5 Å². The Morgan fingerprint density at radius 2 is 2.26 bits per heavy atom. The first kappa shape index (κ1) is 15.3. The van der Waals surface area contributed by atoms with Gasteiger partial charge in [0.2, 0.25) is 10.0 Å². The zero-order valence-electron chi connectivity index (χ0n) is 10.5. The summed E-state index contributed by atoms with van der Waals surface area (Å²) < 4.78 is 32.6. The van der Waals surface area contributed by atoms with Crippen LogP contribution in [0.1, 0.15) is 12.5 Å². The van der Waals surface area contributed by atoms with Gasteiger partial charge < -0.3 is 4.74 Å². The standard InChI is InChI=1S/C12H15BrClNO3S/c1-9-8-15(4-5-18-9)19(16,17)12-6-10(7-14)2-3-11(12)13/h2-3,6,9H,4-5,7-8H2,1H3. The fraction of sp³-hybridized carbons (Fsp3) is 0.500. The van der Waals surface area contributed by atoms with E-state index in [1.165, 1.54) is 4.31 Å². The van der Waals surface area contributed by atoms with Crippen LogP contribution in [0.5, 0.6) is 0 Å². The maximum absolute atomic E-state index is 12.6. The molecule has 1 aromatic carbocycles. The lowest BCUT2D eigenvalue weighted by Gasteiger charge is -2.30. The Morgan fingerprint density at radius 1 is 1.53 bits per heavy atom. The van der Waals surface area contributed by atoms with Crippen molar-refractivity contribution in [1.82, 2.24) is 4.31 Å². The molecule has 1 aliphatic rings. The van der Waals surface area contributed by atoms with Crippen molar-refractivity contribution in [2.24, 2.45) is 0 Å². The van der Waals surface area contributed by atoms with Crippen LogP contribution < -0.4 is 0 Å². The molecule has 1 saturated heterocycles. The minimum absolute atomic E-state index is 0.0847. The number of hydrogen-bond acceptors (Lipinski definition) is 3. The van der Waals surface area contributed by atoms with Crippen molar-refractivity contribution in [3.8, 4) is 0 Å². The van der Waals surface area contributed by atoms with E-state index in [1.54, 1.807) is 18.2 Å². The predicted octanol–water partition coefficient (Wildman–Crippen LogP) is 2.60. The van der Waals surface area contributed by atoms with E-state index in [0.717, 1.165) is 5.56 Å². The number of nitrogens with zero attached hydrogens (tertiary/aromatic N) is 1. The van der Waals surface area contributed by atoms with Gasteiger partial charge >= 0.3 is 0 Å². The molecule has 1 aliphatic heterocycles. The zero-order chi connectivity index (χ0) is 14.0. The molecule has 19 heavy (non-hydrogen) atoms. The van der Waals surface area contributed by atoms with Gasteiger partial charge in [-0.3, -0.25) is 0 Å². The molecule has 106 valence electrons. The average Bonchev–Trinajstić information content (AvgIpc) is 2.39. The molecule has 0 saturated carbocycles. The Hall–Kier alpha value is -0.140. The number of halogens is 2. The molecule has 0 bridgehead atoms. The molecule has 0 radical (unpaired) electrons. The molecule has 1 atom stereocenters. The topological polar surface area (TPSA) is 46.6 Å². The van der Waals surface area contributed by atoms with Crippen molar-refractivity contribution in [2.75, 3.05) is 19.7 Å². The number of benzene rings is 1. The molecule has 1 heterocycles. The normalized spacial score (nSPS) is 21.5. The van der Waals surface area contributed by atoms with Crippen molar-refractivity contribution >= 4 is 37.6 Å². The van der Waals surface area contributed by atoms with Crippen molar-refractivity contribution < 1.29 is 13.2 Å². The summed E-state index contributed by atoms with van der Waals surface area (Å²) in [6.45, 7) is 3.04. The highest BCUT2D eigenvalue weighted by molar-refractivity contribution is 9.10. The number of ether oxygens (including phenoxy) is 1. The summed E-state index contributed by atoms with van der Waals surface area (Å²) >= 11 is 9.06. The monoisotopic (exact) mass is 367 g/mol. The molecule has 7 heteroatoms. The van der Waals surface area contributed by atoms with Crippen LogP contribution in [0.25, 0.3) is 0 Å². The summed E-state index contributed by atoms with van der Waals surface area (Å²) in [4.78, 5) is 0.264. The molecule has 0 aromatic heterocycles. The minimum Gasteiger partial charge on any atom is -0.376 e. The van der Waals surface area contributed by atoms with Crippen LogP contribution in [0.3, 0.4) is 0 Å². The predicted molar refractivity (Wildman–Crippen MR) is 77.9 cm³/mol. The summed E-state index contributed by atoms with van der Waals surface area (Å²) in [6, 6.07) is 5.14. The number of morpholine rings is 1. The Bertz CT molecular complexity index is 564. The molecular formula is C12H15BrClNO3S. The maximum atomic E-state index is 12.6. The van der Waals surface area contributed by atoms with Crippen LogP contribution in [0.15, 0.2) is 27.6 Å². The lowest BCUT2D eigenvalue weighted by molar-refractivity contribution is 0.0102. The highest BCUT2D eigenvalue weighted by atomic mass is 79.9. The summed E-state index contributed by atoms with van der Waals surface area (Å²) in [5.74, 6) is 0.287. The second kappa shape index (κ2) is 6.10. The van der Waals surface area contributed by atoms with E-state index in [4.69, 9.17) is 16.3 Å². The van der Waals surface area contributed by atoms with E-state index in [0.29, 0.717) is 24.2 Å². The highest BCUT2D eigenvalue weighted by Crippen LogP contribution is 2.27. The van der Waals surface area contributed by atoms with Crippen molar-refractivity contribution in [2.45, 2.75) is 23.8 Å². The summed E-state index contributed by atoms with van der Waals surface area (Å²) in [5, 5.41) is 0. The number of sulfonamides is 1. The van der Waals surface area contributed by atoms with Gasteiger partial charge in [0.1, 0.15) is 0 Å². The van der Waals surface area contributed by atoms with Crippen LogP contribution in [-0.4, -0.2) is 38.5 Å². The van der Waals surface area contributed by atoms with E-state index in [1.807, 2.05) is 6.92 Å². The number of alkyl halides is 1. The maximum Gasteiger partial charge on any atom is 0.244 e. The summed E-state index contributed by atoms with van der Waals surface area (Å²) in [7, 11) is -3.51. The van der Waals surface area contributed by atoms with Crippen LogP contribution in [0, 0.1) is 0 Å². The Morgan fingerprint density at radius 3 is 2.89 bits per heavy atom. The van der Waals surface area contributed by atoms with Crippen molar-refractivity contribution in [1.29, 1.82) is 0 Å². The fourth-order valence-electron chi connectivity index (χ4n) is 1.97. The average molecular weight is 369 g/mol. The highest BCUT2D eigenvalue weighted by Gasteiger charge is 2.30. The Balaban J connectivity index is 2.38. The molecule has 4 nitrogen and oxygen atoms in total. The van der Waals surface area contributed by atoms with Gasteiger partial charge in [0, 0.05) is 23.4 Å². The third-order valence-corrected chi connectivity index (χ3v) is 6.14. The van der Waals surface area contributed by atoms with Crippen molar-refractivity contribution in [3.63, 3.8) is 0 Å². The van der Waals surface area contributed by atoms with Gasteiger partial charge in [-0.2, -0.15) is 4.31 Å². The Kier molecular flexibility index (Phi) is 4.89.